The molecule has 10 heteroatoms. The molecule has 1 aromatic carbocycles. The molecule has 32 heavy (non-hydrogen) atoms. The summed E-state index contributed by atoms with van der Waals surface area (Å²) in [7, 11) is 2.97. The number of amides is 1. The molecule has 4 aromatic rings. The van der Waals surface area contributed by atoms with Crippen LogP contribution in [0.2, 0.25) is 0 Å². The average Bonchev–Trinajstić information content (AvgIpc) is 2.83. The number of pyridine rings is 2. The monoisotopic (exact) mass is 434 g/mol. The topological polar surface area (TPSA) is 134 Å². The molecule has 0 aliphatic heterocycles. The number of nitrogens with zero attached hydrogens (tertiary/aromatic N) is 4. The highest BCUT2D eigenvalue weighted by Gasteiger charge is 2.16. The fourth-order valence-electron chi connectivity index (χ4n) is 2.89. The van der Waals surface area contributed by atoms with Crippen LogP contribution in [-0.4, -0.2) is 40.1 Å². The number of carbonyl (C=O) groups is 1. The maximum atomic E-state index is 13.0. The summed E-state index contributed by atoms with van der Waals surface area (Å²) in [5.74, 6) is 0.398. The van der Waals surface area contributed by atoms with Crippen LogP contribution >= 0.6 is 0 Å². The molecule has 0 bridgehead atoms. The second kappa shape index (κ2) is 9.13. The van der Waals surface area contributed by atoms with Gasteiger partial charge in [-0.05, 0) is 12.1 Å². The Kier molecular flexibility index (Phi) is 5.22. The summed E-state index contributed by atoms with van der Waals surface area (Å²) < 4.78 is 32.9. The lowest BCUT2D eigenvalue weighted by Crippen LogP contribution is -2.25. The van der Waals surface area contributed by atoms with Gasteiger partial charge in [0.15, 0.2) is 5.75 Å². The minimum atomic E-state index is -2.37. The molecule has 0 aliphatic carbocycles. The average molecular weight is 434 g/mol. The van der Waals surface area contributed by atoms with Gasteiger partial charge in [-0.25, -0.2) is 15.0 Å². The summed E-state index contributed by atoms with van der Waals surface area (Å²) in [4.78, 5) is 29.4. The molecule has 0 spiro atoms. The highest BCUT2D eigenvalue weighted by Crippen LogP contribution is 2.26. The molecule has 0 fully saturated rings. The van der Waals surface area contributed by atoms with Crippen molar-refractivity contribution < 1.29 is 21.7 Å². The predicted molar refractivity (Wildman–Crippen MR) is 117 cm³/mol. The first-order chi connectivity index (χ1) is 16.3. The fourth-order valence-corrected chi connectivity index (χ4v) is 2.89. The normalized spacial score (nSPS) is 11.9. The van der Waals surface area contributed by atoms with Crippen LogP contribution in [0.1, 0.15) is 18.9 Å². The second-order valence-corrected chi connectivity index (χ2v) is 6.39. The van der Waals surface area contributed by atoms with E-state index in [0.717, 1.165) is 0 Å². The maximum absolute atomic E-state index is 13.0. The molecule has 0 aliphatic rings. The quantitative estimate of drug-likeness (QED) is 0.450. The minimum Gasteiger partial charge on any atom is -0.495 e. The highest BCUT2D eigenvalue weighted by atomic mass is 16.5. The van der Waals surface area contributed by atoms with Crippen LogP contribution in [0.5, 0.6) is 23.1 Å². The zero-order valence-electron chi connectivity index (χ0n) is 19.2. The number of ether oxygens (including phenoxy) is 3. The van der Waals surface area contributed by atoms with Gasteiger partial charge in [0.2, 0.25) is 11.8 Å². The Morgan fingerprint density at radius 1 is 1.06 bits per heavy atom. The van der Waals surface area contributed by atoms with Crippen molar-refractivity contribution in [3.05, 3.63) is 66.2 Å². The Balaban J connectivity index is 1.61. The van der Waals surface area contributed by atoms with Gasteiger partial charge in [0.1, 0.15) is 22.7 Å². The lowest BCUT2D eigenvalue weighted by atomic mass is 10.1. The van der Waals surface area contributed by atoms with E-state index in [1.54, 1.807) is 36.4 Å². The third kappa shape index (κ3) is 4.48. The number of hydrogen-bond acceptors (Lipinski definition) is 9. The number of methoxy groups -OCH3 is 2. The van der Waals surface area contributed by atoms with Crippen molar-refractivity contribution in [3.63, 3.8) is 0 Å². The molecule has 3 N–H and O–H groups in total. The minimum absolute atomic E-state index is 0.0851. The van der Waals surface area contributed by atoms with Crippen molar-refractivity contribution in [1.82, 2.24) is 25.3 Å². The van der Waals surface area contributed by atoms with Gasteiger partial charge in [-0.3, -0.25) is 9.78 Å². The number of benzene rings is 1. The number of anilines is 1. The van der Waals surface area contributed by atoms with E-state index in [-0.39, 0.29) is 23.2 Å². The van der Waals surface area contributed by atoms with Crippen molar-refractivity contribution >= 4 is 22.8 Å². The molecule has 3 heterocycles. The van der Waals surface area contributed by atoms with E-state index in [1.807, 2.05) is 0 Å². The van der Waals surface area contributed by atoms with Crippen LogP contribution in [0.15, 0.2) is 54.9 Å². The lowest BCUT2D eigenvalue weighted by molar-refractivity contribution is 0.0947. The smallest absolute Gasteiger partial charge is 0.271 e. The third-order valence-corrected chi connectivity index (χ3v) is 4.32. The Morgan fingerprint density at radius 3 is 2.69 bits per heavy atom. The molecular weight excluding hydrogens is 412 g/mol. The Hall–Kier alpha value is -4.47. The van der Waals surface area contributed by atoms with E-state index in [2.05, 4.69) is 25.3 Å². The van der Waals surface area contributed by atoms with E-state index < -0.39 is 12.4 Å². The standard InChI is InChI=1S/C22H20N6O4/c1-30-14-9-15(12-24-11-14)32-18-8-3-5-13(26-18)10-25-21(29)20-16-6-4-7-17(31-2)19(16)27-22(23)28-20/h3-9,11-12H,10H2,1-2H3,(H,25,29)(H2,23,27,28)/i10D2. The van der Waals surface area contributed by atoms with Crippen molar-refractivity contribution in [2.45, 2.75) is 6.50 Å². The fraction of sp³-hybridized carbons (Fsp3) is 0.136. The van der Waals surface area contributed by atoms with Gasteiger partial charge in [-0.1, -0.05) is 18.2 Å². The molecule has 0 atom stereocenters. The first kappa shape index (κ1) is 18.3. The Bertz CT molecular complexity index is 1370. The summed E-state index contributed by atoms with van der Waals surface area (Å²) >= 11 is 0. The van der Waals surface area contributed by atoms with Crippen LogP contribution in [0.4, 0.5) is 5.95 Å². The first-order valence-corrected chi connectivity index (χ1v) is 9.38. The molecule has 0 radical (unpaired) electrons. The van der Waals surface area contributed by atoms with Gasteiger partial charge < -0.3 is 25.3 Å². The van der Waals surface area contributed by atoms with E-state index in [4.69, 9.17) is 22.7 Å². The van der Waals surface area contributed by atoms with Gasteiger partial charge in [0.25, 0.3) is 5.91 Å². The molecular formula is C22H20N6O4. The number of nitrogen functional groups attached to an aromatic ring is 1. The van der Waals surface area contributed by atoms with Crippen LogP contribution in [0.3, 0.4) is 0 Å². The molecule has 1 amide bonds. The second-order valence-electron chi connectivity index (χ2n) is 6.39. The number of nitrogens with two attached hydrogens (primary N) is 1. The molecule has 0 unspecified atom stereocenters. The van der Waals surface area contributed by atoms with Crippen LogP contribution < -0.4 is 25.3 Å². The zero-order chi connectivity index (χ0) is 24.3. The number of para-hydroxylation sites is 1. The maximum Gasteiger partial charge on any atom is 0.271 e. The molecule has 3 aromatic heterocycles. The van der Waals surface area contributed by atoms with Gasteiger partial charge in [0, 0.05) is 17.5 Å². The van der Waals surface area contributed by atoms with Crippen molar-refractivity contribution in [1.29, 1.82) is 0 Å². The van der Waals surface area contributed by atoms with Crippen molar-refractivity contribution in [3.8, 4) is 23.1 Å². The van der Waals surface area contributed by atoms with Gasteiger partial charge >= 0.3 is 0 Å². The number of hydrogen-bond donors (Lipinski definition) is 2. The van der Waals surface area contributed by atoms with Crippen LogP contribution in [0, 0.1) is 0 Å². The number of fused-ring (bicyclic) bond motifs is 1. The predicted octanol–water partition coefficient (Wildman–Crippen LogP) is 2.74. The van der Waals surface area contributed by atoms with E-state index >= 15 is 0 Å². The lowest BCUT2D eigenvalue weighted by Gasteiger charge is -2.10. The number of aromatic nitrogens is 4. The molecule has 10 nitrogen and oxygen atoms in total. The summed E-state index contributed by atoms with van der Waals surface area (Å²) in [6.45, 7) is -2.37. The van der Waals surface area contributed by atoms with Crippen molar-refractivity contribution in [2.75, 3.05) is 20.0 Å². The van der Waals surface area contributed by atoms with Crippen LogP contribution in [-0.2, 0) is 6.50 Å². The summed E-state index contributed by atoms with van der Waals surface area (Å²) in [5, 5.41) is 2.67. The number of nitrogens with one attached hydrogen (secondary N) is 1. The van der Waals surface area contributed by atoms with Crippen LogP contribution in [0.25, 0.3) is 10.9 Å². The summed E-state index contributed by atoms with van der Waals surface area (Å²) in [5.41, 5.74) is 5.93. The van der Waals surface area contributed by atoms with E-state index in [1.165, 1.54) is 32.7 Å². The third-order valence-electron chi connectivity index (χ3n) is 4.32. The van der Waals surface area contributed by atoms with Crippen molar-refractivity contribution in [2.24, 2.45) is 0 Å². The Morgan fingerprint density at radius 2 is 1.88 bits per heavy atom. The number of rotatable bonds is 7. The molecule has 162 valence electrons. The highest BCUT2D eigenvalue weighted by molar-refractivity contribution is 6.05. The summed E-state index contributed by atoms with van der Waals surface area (Å²) in [6.07, 6.45) is 2.98. The summed E-state index contributed by atoms with van der Waals surface area (Å²) in [6, 6.07) is 11.1. The van der Waals surface area contributed by atoms with E-state index in [0.29, 0.717) is 28.2 Å². The largest absolute Gasteiger partial charge is 0.495 e. The Labute approximate surface area is 186 Å². The van der Waals surface area contributed by atoms with Gasteiger partial charge in [-0.15, -0.1) is 0 Å². The first-order valence-electron chi connectivity index (χ1n) is 10.4. The molecule has 4 rings (SSSR count). The van der Waals surface area contributed by atoms with Gasteiger partial charge in [-0.2, -0.15) is 0 Å². The number of carbonyl (C=O) groups excluding carboxylic acids is 1. The molecule has 0 saturated carbocycles. The molecule has 0 saturated heterocycles. The van der Waals surface area contributed by atoms with E-state index in [9.17, 15) is 4.79 Å². The van der Waals surface area contributed by atoms with Gasteiger partial charge in [0.05, 0.1) is 41.5 Å². The zero-order valence-corrected chi connectivity index (χ0v) is 17.2. The SMILES string of the molecule is [2H]C([2H])(NC(=O)c1nc(N)nc2c(OC)cccc12)c1cccc(Oc2cncc(OC)c2)n1.